The fourth-order valence-electron chi connectivity index (χ4n) is 0.766. The summed E-state index contributed by atoms with van der Waals surface area (Å²) in [6, 6.07) is 0.0670. The minimum Gasteiger partial charge on any atom is -0.347 e. The van der Waals surface area contributed by atoms with Crippen molar-refractivity contribution in [2.75, 3.05) is 5.32 Å². The van der Waals surface area contributed by atoms with Crippen LogP contribution in [0.15, 0.2) is 0 Å². The predicted molar refractivity (Wildman–Crippen MR) is 51.2 cm³/mol. The summed E-state index contributed by atoms with van der Waals surface area (Å²) < 4.78 is 4.04. The van der Waals surface area contributed by atoms with Gasteiger partial charge >= 0.3 is 0 Å². The average Bonchev–Trinajstić information content (AvgIpc) is 2.47. The minimum atomic E-state index is 0.0670. The molecular formula is C8H11N3S. The van der Waals surface area contributed by atoms with Gasteiger partial charge in [-0.25, -0.2) is 4.98 Å². The van der Waals surface area contributed by atoms with Crippen LogP contribution < -0.4 is 5.32 Å². The second kappa shape index (κ2) is 4.07. The van der Waals surface area contributed by atoms with Crippen LogP contribution in [-0.2, 0) is 0 Å². The summed E-state index contributed by atoms with van der Waals surface area (Å²) in [6.07, 6.45) is 6.18. The molecule has 0 aliphatic rings. The summed E-state index contributed by atoms with van der Waals surface area (Å²) in [4.78, 5) is 4.15. The van der Waals surface area contributed by atoms with E-state index in [2.05, 4.69) is 20.6 Å². The van der Waals surface area contributed by atoms with Gasteiger partial charge in [0.25, 0.3) is 0 Å². The van der Waals surface area contributed by atoms with Crippen molar-refractivity contribution >= 4 is 16.7 Å². The third-order valence-electron chi connectivity index (χ3n) is 1.43. The minimum absolute atomic E-state index is 0.0670. The van der Waals surface area contributed by atoms with E-state index in [-0.39, 0.29) is 6.04 Å². The lowest BCUT2D eigenvalue weighted by Gasteiger charge is -2.07. The molecule has 1 heterocycles. The van der Waals surface area contributed by atoms with Gasteiger partial charge in [-0.2, -0.15) is 4.37 Å². The molecule has 3 nitrogen and oxygen atoms in total. The number of anilines is 1. The van der Waals surface area contributed by atoms with Crippen molar-refractivity contribution in [3.63, 3.8) is 0 Å². The van der Waals surface area contributed by atoms with Gasteiger partial charge in [-0.05, 0) is 13.3 Å². The first kappa shape index (κ1) is 9.01. The molecule has 1 atom stereocenters. The van der Waals surface area contributed by atoms with Crippen molar-refractivity contribution in [1.82, 2.24) is 9.36 Å². The first-order valence-electron chi connectivity index (χ1n) is 3.79. The van der Waals surface area contributed by atoms with Gasteiger partial charge in [0.2, 0.25) is 5.13 Å². The van der Waals surface area contributed by atoms with Crippen LogP contribution in [0.1, 0.15) is 19.2 Å². The van der Waals surface area contributed by atoms with Gasteiger partial charge in [-0.15, -0.1) is 6.42 Å². The lowest BCUT2D eigenvalue weighted by atomic mass is 10.2. The molecule has 64 valence electrons. The van der Waals surface area contributed by atoms with E-state index in [1.807, 2.05) is 13.8 Å². The Morgan fingerprint density at radius 3 is 2.92 bits per heavy atom. The molecule has 0 fully saturated rings. The highest BCUT2D eigenvalue weighted by atomic mass is 32.1. The van der Waals surface area contributed by atoms with Gasteiger partial charge in [-0.3, -0.25) is 0 Å². The third-order valence-corrected chi connectivity index (χ3v) is 2.17. The zero-order valence-corrected chi connectivity index (χ0v) is 7.98. The van der Waals surface area contributed by atoms with E-state index in [0.29, 0.717) is 0 Å². The molecule has 0 aliphatic heterocycles. The molecule has 4 heteroatoms. The van der Waals surface area contributed by atoms with E-state index >= 15 is 0 Å². The molecule has 1 rings (SSSR count). The quantitative estimate of drug-likeness (QED) is 0.721. The Kier molecular flexibility index (Phi) is 3.06. The second-order valence-corrected chi connectivity index (χ2v) is 3.17. The molecule has 1 unspecified atom stereocenters. The molecule has 1 N–H and O–H groups in total. The van der Waals surface area contributed by atoms with Crippen molar-refractivity contribution in [3.05, 3.63) is 5.82 Å². The molecular weight excluding hydrogens is 170 g/mol. The molecule has 0 aromatic carbocycles. The van der Waals surface area contributed by atoms with Crippen molar-refractivity contribution in [1.29, 1.82) is 0 Å². The Labute approximate surface area is 76.4 Å². The van der Waals surface area contributed by atoms with Crippen molar-refractivity contribution < 1.29 is 0 Å². The Morgan fingerprint density at radius 2 is 2.50 bits per heavy atom. The number of nitrogens with one attached hydrogen (secondary N) is 1. The van der Waals surface area contributed by atoms with Gasteiger partial charge in [0.05, 0.1) is 6.04 Å². The molecule has 12 heavy (non-hydrogen) atoms. The molecule has 0 radical (unpaired) electrons. The Bertz CT molecular complexity index is 287. The smallest absolute Gasteiger partial charge is 0.203 e. The Morgan fingerprint density at radius 1 is 1.75 bits per heavy atom. The number of aromatic nitrogens is 2. The summed E-state index contributed by atoms with van der Waals surface area (Å²) in [5.74, 6) is 3.42. The topological polar surface area (TPSA) is 37.8 Å². The number of aryl methyl sites for hydroxylation is 1. The fourth-order valence-corrected chi connectivity index (χ4v) is 1.39. The maximum atomic E-state index is 5.28. The molecule has 1 aromatic rings. The zero-order chi connectivity index (χ0) is 8.97. The first-order chi connectivity index (χ1) is 5.76. The van der Waals surface area contributed by atoms with Gasteiger partial charge in [0.15, 0.2) is 0 Å². The lowest BCUT2D eigenvalue weighted by molar-refractivity contribution is 0.854. The SMILES string of the molecule is C#CC(CC)Nc1nc(C)ns1. The van der Waals surface area contributed by atoms with E-state index in [1.165, 1.54) is 11.5 Å². The van der Waals surface area contributed by atoms with Gasteiger partial charge in [0.1, 0.15) is 5.82 Å². The molecule has 0 spiro atoms. The summed E-state index contributed by atoms with van der Waals surface area (Å²) in [7, 11) is 0. The Balaban J connectivity index is 2.58. The zero-order valence-electron chi connectivity index (χ0n) is 7.16. The number of hydrogen-bond acceptors (Lipinski definition) is 4. The van der Waals surface area contributed by atoms with Crippen LogP contribution in [-0.4, -0.2) is 15.4 Å². The van der Waals surface area contributed by atoms with Crippen LogP contribution in [0.3, 0.4) is 0 Å². The number of hydrogen-bond donors (Lipinski definition) is 1. The number of nitrogens with zero attached hydrogens (tertiary/aromatic N) is 2. The molecule has 0 saturated heterocycles. The van der Waals surface area contributed by atoms with E-state index < -0.39 is 0 Å². The molecule has 0 aliphatic carbocycles. The van der Waals surface area contributed by atoms with E-state index in [0.717, 1.165) is 17.4 Å². The Hall–Kier alpha value is -1.08. The van der Waals surface area contributed by atoms with Crippen molar-refractivity contribution in [2.24, 2.45) is 0 Å². The second-order valence-electron chi connectivity index (χ2n) is 2.42. The van der Waals surface area contributed by atoms with E-state index in [4.69, 9.17) is 6.42 Å². The van der Waals surface area contributed by atoms with Gasteiger partial charge < -0.3 is 5.32 Å². The van der Waals surface area contributed by atoms with Crippen LogP contribution in [0.4, 0.5) is 5.13 Å². The van der Waals surface area contributed by atoms with Crippen LogP contribution in [0.5, 0.6) is 0 Å². The van der Waals surface area contributed by atoms with Crippen LogP contribution >= 0.6 is 11.5 Å². The number of terminal acetylenes is 1. The van der Waals surface area contributed by atoms with E-state index in [1.54, 1.807) is 0 Å². The highest BCUT2D eigenvalue weighted by Crippen LogP contribution is 2.11. The summed E-state index contributed by atoms with van der Waals surface area (Å²) in [6.45, 7) is 3.89. The van der Waals surface area contributed by atoms with Crippen LogP contribution in [0, 0.1) is 19.3 Å². The van der Waals surface area contributed by atoms with Crippen molar-refractivity contribution in [2.45, 2.75) is 26.3 Å². The average molecular weight is 181 g/mol. The molecule has 1 aromatic heterocycles. The largest absolute Gasteiger partial charge is 0.347 e. The maximum absolute atomic E-state index is 5.28. The van der Waals surface area contributed by atoms with Gasteiger partial charge in [-0.1, -0.05) is 12.8 Å². The predicted octanol–water partition coefficient (Wildman–Crippen LogP) is 1.67. The number of rotatable bonds is 3. The van der Waals surface area contributed by atoms with Gasteiger partial charge in [0, 0.05) is 11.5 Å². The molecule has 0 saturated carbocycles. The maximum Gasteiger partial charge on any atom is 0.203 e. The summed E-state index contributed by atoms with van der Waals surface area (Å²) in [5, 5.41) is 3.91. The third kappa shape index (κ3) is 2.21. The summed E-state index contributed by atoms with van der Waals surface area (Å²) in [5.41, 5.74) is 0. The normalized spacial score (nSPS) is 12.1. The molecule has 0 bridgehead atoms. The van der Waals surface area contributed by atoms with E-state index in [9.17, 15) is 0 Å². The first-order valence-corrected chi connectivity index (χ1v) is 4.56. The fraction of sp³-hybridized carbons (Fsp3) is 0.500. The lowest BCUT2D eigenvalue weighted by Crippen LogP contribution is -2.15. The van der Waals surface area contributed by atoms with Crippen LogP contribution in [0.25, 0.3) is 0 Å². The standard InChI is InChI=1S/C8H11N3S/c1-4-7(5-2)10-8-9-6(3)11-12-8/h1,7H,5H2,2-3H3,(H,9,10,11). The molecule has 0 amide bonds. The monoisotopic (exact) mass is 181 g/mol. The highest BCUT2D eigenvalue weighted by molar-refractivity contribution is 7.09. The highest BCUT2D eigenvalue weighted by Gasteiger charge is 2.04. The summed E-state index contributed by atoms with van der Waals surface area (Å²) >= 11 is 1.34. The van der Waals surface area contributed by atoms with Crippen LogP contribution in [0.2, 0.25) is 0 Å². The van der Waals surface area contributed by atoms with Crippen molar-refractivity contribution in [3.8, 4) is 12.3 Å².